The van der Waals surface area contributed by atoms with Gasteiger partial charge < -0.3 is 9.84 Å². The first-order chi connectivity index (χ1) is 7.72. The fourth-order valence-corrected chi connectivity index (χ4v) is 1.37. The smallest absolute Gasteiger partial charge is 0.165 e. The lowest BCUT2D eigenvalue weighted by Gasteiger charge is -2.09. The summed E-state index contributed by atoms with van der Waals surface area (Å²) in [6.07, 6.45) is 0.381. The van der Waals surface area contributed by atoms with Crippen LogP contribution in [0, 0.1) is 5.82 Å². The van der Waals surface area contributed by atoms with Crippen LogP contribution in [0.15, 0.2) is 24.4 Å². The molecule has 0 aliphatic carbocycles. The number of hydrogen-bond acceptors (Lipinski definition) is 4. The number of halogens is 1. The summed E-state index contributed by atoms with van der Waals surface area (Å²) in [7, 11) is 1.38. The third-order valence-electron chi connectivity index (χ3n) is 2.21. The largest absolute Gasteiger partial charge is 0.494 e. The number of methoxy groups -OCH3 is 1. The molecule has 84 valence electrons. The molecule has 0 radical (unpaired) electrons. The fraction of sp³-hybridized carbons (Fsp3) is 0.200. The molecule has 6 heteroatoms. The Hall–Kier alpha value is -1.95. The van der Waals surface area contributed by atoms with Crippen molar-refractivity contribution in [2.75, 3.05) is 7.11 Å². The second-order valence-corrected chi connectivity index (χ2v) is 3.19. The monoisotopic (exact) mass is 223 g/mol. The minimum absolute atomic E-state index is 0.135. The highest BCUT2D eigenvalue weighted by Crippen LogP contribution is 2.24. The van der Waals surface area contributed by atoms with Gasteiger partial charge in [-0.05, 0) is 17.7 Å². The van der Waals surface area contributed by atoms with Crippen LogP contribution in [0.25, 0.3) is 0 Å². The van der Waals surface area contributed by atoms with E-state index < -0.39 is 11.9 Å². The van der Waals surface area contributed by atoms with E-state index in [1.54, 1.807) is 6.07 Å². The number of aromatic amines is 1. The molecule has 2 rings (SSSR count). The zero-order valence-corrected chi connectivity index (χ0v) is 8.51. The van der Waals surface area contributed by atoms with E-state index in [2.05, 4.69) is 15.4 Å². The molecule has 0 amide bonds. The van der Waals surface area contributed by atoms with Gasteiger partial charge in [0.2, 0.25) is 0 Å². The Morgan fingerprint density at radius 3 is 2.88 bits per heavy atom. The molecule has 1 aromatic carbocycles. The Morgan fingerprint density at radius 1 is 1.50 bits per heavy atom. The van der Waals surface area contributed by atoms with Crippen LogP contribution in [0.2, 0.25) is 0 Å². The van der Waals surface area contributed by atoms with E-state index >= 15 is 0 Å². The molecule has 1 atom stereocenters. The molecule has 0 spiro atoms. The highest BCUT2D eigenvalue weighted by Gasteiger charge is 2.15. The van der Waals surface area contributed by atoms with Gasteiger partial charge in [0.25, 0.3) is 0 Å². The number of nitrogens with zero attached hydrogens (tertiary/aromatic N) is 2. The van der Waals surface area contributed by atoms with Gasteiger partial charge >= 0.3 is 0 Å². The van der Waals surface area contributed by atoms with Crippen LogP contribution in [-0.2, 0) is 0 Å². The summed E-state index contributed by atoms with van der Waals surface area (Å²) >= 11 is 0. The number of aromatic nitrogens is 3. The summed E-state index contributed by atoms with van der Waals surface area (Å²) in [6, 6.07) is 4.23. The van der Waals surface area contributed by atoms with E-state index in [-0.39, 0.29) is 5.75 Å². The number of benzene rings is 1. The van der Waals surface area contributed by atoms with Crippen LogP contribution in [0.5, 0.6) is 5.75 Å². The van der Waals surface area contributed by atoms with E-state index in [0.29, 0.717) is 11.3 Å². The van der Waals surface area contributed by atoms with E-state index in [1.807, 2.05) is 0 Å². The first-order valence-corrected chi connectivity index (χ1v) is 4.59. The number of rotatable bonds is 3. The molecule has 16 heavy (non-hydrogen) atoms. The average Bonchev–Trinajstić information content (AvgIpc) is 2.81. The van der Waals surface area contributed by atoms with Crippen molar-refractivity contribution >= 4 is 0 Å². The predicted octanol–water partition coefficient (Wildman–Crippen LogP) is 1.03. The Bertz CT molecular complexity index is 473. The topological polar surface area (TPSA) is 71.0 Å². The predicted molar refractivity (Wildman–Crippen MR) is 53.4 cm³/mol. The van der Waals surface area contributed by atoms with Crippen molar-refractivity contribution in [3.05, 3.63) is 41.5 Å². The van der Waals surface area contributed by atoms with Crippen molar-refractivity contribution < 1.29 is 14.2 Å². The van der Waals surface area contributed by atoms with E-state index in [9.17, 15) is 9.50 Å². The number of ether oxygens (including phenoxy) is 1. The maximum Gasteiger partial charge on any atom is 0.165 e. The van der Waals surface area contributed by atoms with Crippen LogP contribution in [0.3, 0.4) is 0 Å². The molecule has 0 saturated heterocycles. The summed E-state index contributed by atoms with van der Waals surface area (Å²) in [6.45, 7) is 0. The minimum Gasteiger partial charge on any atom is -0.494 e. The summed E-state index contributed by atoms with van der Waals surface area (Å²) in [4.78, 5) is 0. The molecule has 0 saturated carbocycles. The number of hydrogen-bond donors (Lipinski definition) is 2. The van der Waals surface area contributed by atoms with E-state index in [1.165, 1.54) is 25.4 Å². The molecule has 0 bridgehead atoms. The van der Waals surface area contributed by atoms with Crippen molar-refractivity contribution in [1.82, 2.24) is 15.4 Å². The summed E-state index contributed by atoms with van der Waals surface area (Å²) in [5.41, 5.74) is 0.733. The number of aliphatic hydroxyl groups excluding tert-OH is 1. The second kappa shape index (κ2) is 4.28. The zero-order chi connectivity index (χ0) is 11.5. The molecule has 1 unspecified atom stereocenters. The van der Waals surface area contributed by atoms with Gasteiger partial charge in [-0.25, -0.2) is 4.39 Å². The van der Waals surface area contributed by atoms with Gasteiger partial charge in [0.05, 0.1) is 13.3 Å². The lowest BCUT2D eigenvalue weighted by molar-refractivity contribution is 0.214. The van der Waals surface area contributed by atoms with Crippen molar-refractivity contribution in [3.8, 4) is 5.75 Å². The minimum atomic E-state index is -1.00. The van der Waals surface area contributed by atoms with Crippen LogP contribution < -0.4 is 4.74 Å². The number of aliphatic hydroxyl groups is 1. The van der Waals surface area contributed by atoms with Gasteiger partial charge in [0.1, 0.15) is 11.8 Å². The zero-order valence-electron chi connectivity index (χ0n) is 8.51. The number of nitrogens with one attached hydrogen (secondary N) is 1. The SMILES string of the molecule is COc1ccc(C(O)c2cn[nH]n2)cc1F. The van der Waals surface area contributed by atoms with Gasteiger partial charge in [-0.1, -0.05) is 6.07 Å². The third kappa shape index (κ3) is 1.87. The molecular formula is C10H10FN3O2. The Morgan fingerprint density at radius 2 is 2.31 bits per heavy atom. The van der Waals surface area contributed by atoms with Gasteiger partial charge in [-0.15, -0.1) is 0 Å². The lowest BCUT2D eigenvalue weighted by atomic mass is 10.1. The molecule has 2 N–H and O–H groups in total. The molecule has 1 heterocycles. The first-order valence-electron chi connectivity index (χ1n) is 4.59. The molecule has 0 aliphatic rings. The van der Waals surface area contributed by atoms with Gasteiger partial charge in [0.15, 0.2) is 11.6 Å². The molecule has 1 aromatic heterocycles. The number of H-pyrrole nitrogens is 1. The van der Waals surface area contributed by atoms with Crippen molar-refractivity contribution in [3.63, 3.8) is 0 Å². The maximum atomic E-state index is 13.4. The van der Waals surface area contributed by atoms with Crippen molar-refractivity contribution in [2.24, 2.45) is 0 Å². The molecular weight excluding hydrogens is 213 g/mol. The Balaban J connectivity index is 2.31. The van der Waals surface area contributed by atoms with Gasteiger partial charge in [0, 0.05) is 0 Å². The third-order valence-corrected chi connectivity index (χ3v) is 2.21. The van der Waals surface area contributed by atoms with E-state index in [4.69, 9.17) is 4.74 Å². The highest BCUT2D eigenvalue weighted by atomic mass is 19.1. The van der Waals surface area contributed by atoms with Crippen molar-refractivity contribution in [1.29, 1.82) is 0 Å². The average molecular weight is 223 g/mol. The van der Waals surface area contributed by atoms with Gasteiger partial charge in [-0.2, -0.15) is 15.4 Å². The first kappa shape index (κ1) is 10.6. The standard InChI is InChI=1S/C10H10FN3O2/c1-16-9-3-2-6(4-7(9)11)10(15)8-5-12-14-13-8/h2-5,10,15H,1H3,(H,12,13,14). The van der Waals surface area contributed by atoms with Crippen LogP contribution in [-0.4, -0.2) is 27.6 Å². The summed E-state index contributed by atoms with van der Waals surface area (Å²) < 4.78 is 18.2. The molecule has 2 aromatic rings. The maximum absolute atomic E-state index is 13.4. The lowest BCUT2D eigenvalue weighted by Crippen LogP contribution is -2.01. The fourth-order valence-electron chi connectivity index (χ4n) is 1.37. The van der Waals surface area contributed by atoms with Crippen molar-refractivity contribution in [2.45, 2.75) is 6.10 Å². The quantitative estimate of drug-likeness (QED) is 0.815. The second-order valence-electron chi connectivity index (χ2n) is 3.19. The van der Waals surface area contributed by atoms with Crippen LogP contribution in [0.4, 0.5) is 4.39 Å². The van der Waals surface area contributed by atoms with Gasteiger partial charge in [-0.3, -0.25) is 0 Å². The molecule has 5 nitrogen and oxygen atoms in total. The van der Waals surface area contributed by atoms with E-state index in [0.717, 1.165) is 0 Å². The Labute approximate surface area is 90.9 Å². The van der Waals surface area contributed by atoms with Crippen LogP contribution >= 0.6 is 0 Å². The summed E-state index contributed by atoms with van der Waals surface area (Å²) in [5.74, 6) is -0.390. The summed E-state index contributed by atoms with van der Waals surface area (Å²) in [5, 5.41) is 19.5. The molecule has 0 fully saturated rings. The normalized spacial score (nSPS) is 12.4. The molecule has 0 aliphatic heterocycles. The Kier molecular flexibility index (Phi) is 2.82. The highest BCUT2D eigenvalue weighted by molar-refractivity contribution is 5.32. The van der Waals surface area contributed by atoms with Crippen LogP contribution in [0.1, 0.15) is 17.4 Å².